The largest absolute Gasteiger partial charge is 0.496 e. The van der Waals surface area contributed by atoms with Gasteiger partial charge in [0.15, 0.2) is 0 Å². The van der Waals surface area contributed by atoms with Gasteiger partial charge in [-0.15, -0.1) is 0 Å². The summed E-state index contributed by atoms with van der Waals surface area (Å²) in [6.45, 7) is 7.26. The van der Waals surface area contributed by atoms with E-state index in [1.54, 1.807) is 13.2 Å². The third-order valence-corrected chi connectivity index (χ3v) is 3.38. The zero-order valence-corrected chi connectivity index (χ0v) is 13.2. The molecular weight excluding hydrogens is 278 g/mol. The lowest BCUT2D eigenvalue weighted by Crippen LogP contribution is -2.42. The van der Waals surface area contributed by atoms with Crippen molar-refractivity contribution in [2.75, 3.05) is 13.7 Å². The van der Waals surface area contributed by atoms with Gasteiger partial charge in [-0.25, -0.2) is 0 Å². The van der Waals surface area contributed by atoms with Crippen molar-refractivity contribution in [3.63, 3.8) is 0 Å². The van der Waals surface area contributed by atoms with Gasteiger partial charge in [0.1, 0.15) is 5.75 Å². The summed E-state index contributed by atoms with van der Waals surface area (Å²) < 4.78 is 5.34. The Kier molecular flexibility index (Phi) is 5.84. The molecule has 1 rings (SSSR count). The Morgan fingerprint density at radius 1 is 1.40 bits per heavy atom. The summed E-state index contributed by atoms with van der Waals surface area (Å²) in [5.41, 5.74) is 0.822. The van der Waals surface area contributed by atoms with Crippen LogP contribution in [0.1, 0.15) is 32.8 Å². The highest BCUT2D eigenvalue weighted by Crippen LogP contribution is 2.26. The zero-order chi connectivity index (χ0) is 15.3. The number of methoxy groups -OCH3 is 1. The number of carboxylic acids is 1. The highest BCUT2D eigenvalue weighted by Gasteiger charge is 2.23. The Bertz CT molecular complexity index is 469. The average molecular weight is 300 g/mol. The molecule has 1 aromatic rings. The van der Waals surface area contributed by atoms with Gasteiger partial charge in [-0.3, -0.25) is 9.69 Å². The number of ether oxygens (including phenoxy) is 1. The second-order valence-electron chi connectivity index (χ2n) is 5.69. The van der Waals surface area contributed by atoms with Gasteiger partial charge in [0.2, 0.25) is 0 Å². The van der Waals surface area contributed by atoms with Crippen LogP contribution in [0.3, 0.4) is 0 Å². The van der Waals surface area contributed by atoms with Crippen molar-refractivity contribution in [2.24, 2.45) is 0 Å². The van der Waals surface area contributed by atoms with E-state index in [-0.39, 0.29) is 12.0 Å². The predicted octanol–water partition coefficient (Wildman–Crippen LogP) is 3.42. The van der Waals surface area contributed by atoms with Gasteiger partial charge in [-0.05, 0) is 39.0 Å². The van der Waals surface area contributed by atoms with Gasteiger partial charge < -0.3 is 9.84 Å². The van der Waals surface area contributed by atoms with E-state index in [9.17, 15) is 4.79 Å². The molecule has 0 fully saturated rings. The number of carboxylic acid groups (broad SMARTS) is 1. The monoisotopic (exact) mass is 299 g/mol. The first-order chi connectivity index (χ1) is 9.24. The maximum absolute atomic E-state index is 10.8. The topological polar surface area (TPSA) is 49.8 Å². The van der Waals surface area contributed by atoms with Crippen molar-refractivity contribution in [1.82, 2.24) is 4.90 Å². The van der Waals surface area contributed by atoms with E-state index >= 15 is 0 Å². The van der Waals surface area contributed by atoms with Crippen LogP contribution < -0.4 is 4.74 Å². The number of aliphatic carboxylic acids is 1. The average Bonchev–Trinajstić information content (AvgIpc) is 2.33. The molecule has 112 valence electrons. The summed E-state index contributed by atoms with van der Waals surface area (Å²) in [5.74, 6) is -0.0312. The predicted molar refractivity (Wildman–Crippen MR) is 80.4 cm³/mol. The molecule has 0 saturated heterocycles. The molecule has 0 saturated carbocycles. The van der Waals surface area contributed by atoms with Crippen molar-refractivity contribution in [2.45, 2.75) is 39.3 Å². The molecule has 0 aliphatic rings. The summed E-state index contributed by atoms with van der Waals surface area (Å²) in [4.78, 5) is 12.9. The lowest BCUT2D eigenvalue weighted by molar-refractivity contribution is -0.137. The lowest BCUT2D eigenvalue weighted by atomic mass is 10.0. The van der Waals surface area contributed by atoms with Crippen molar-refractivity contribution in [3.05, 3.63) is 28.8 Å². The molecule has 5 heteroatoms. The molecule has 20 heavy (non-hydrogen) atoms. The normalized spacial score (nSPS) is 11.7. The second-order valence-corrected chi connectivity index (χ2v) is 6.13. The first-order valence-electron chi connectivity index (χ1n) is 6.53. The highest BCUT2D eigenvalue weighted by molar-refractivity contribution is 6.30. The summed E-state index contributed by atoms with van der Waals surface area (Å²) in [6, 6.07) is 5.47. The van der Waals surface area contributed by atoms with E-state index in [0.717, 1.165) is 11.3 Å². The molecule has 0 bridgehead atoms. The SMILES string of the molecule is COc1ccc(Cl)cc1CN(CCC(=O)O)C(C)(C)C. The van der Waals surface area contributed by atoms with Crippen molar-refractivity contribution in [3.8, 4) is 5.75 Å². The third kappa shape index (κ3) is 5.02. The lowest BCUT2D eigenvalue weighted by Gasteiger charge is -2.35. The maximum Gasteiger partial charge on any atom is 0.304 e. The fourth-order valence-corrected chi connectivity index (χ4v) is 2.15. The molecule has 0 spiro atoms. The minimum atomic E-state index is -0.794. The molecule has 1 N–H and O–H groups in total. The van der Waals surface area contributed by atoms with E-state index in [0.29, 0.717) is 18.1 Å². The summed E-state index contributed by atoms with van der Waals surface area (Å²) in [6.07, 6.45) is 0.111. The molecule has 0 amide bonds. The van der Waals surface area contributed by atoms with E-state index < -0.39 is 5.97 Å². The van der Waals surface area contributed by atoms with Crippen LogP contribution in [0.15, 0.2) is 18.2 Å². The van der Waals surface area contributed by atoms with Crippen LogP contribution in [0.5, 0.6) is 5.75 Å². The van der Waals surface area contributed by atoms with Crippen LogP contribution >= 0.6 is 11.6 Å². The summed E-state index contributed by atoms with van der Waals surface area (Å²) in [5, 5.41) is 9.51. The molecule has 0 aliphatic heterocycles. The molecule has 1 aromatic carbocycles. The Labute approximate surface area is 125 Å². The number of hydrogen-bond acceptors (Lipinski definition) is 3. The van der Waals surface area contributed by atoms with Crippen LogP contribution in [-0.2, 0) is 11.3 Å². The Hall–Kier alpha value is -1.26. The Morgan fingerprint density at radius 3 is 2.55 bits per heavy atom. The van der Waals surface area contributed by atoms with Crippen molar-refractivity contribution < 1.29 is 14.6 Å². The smallest absolute Gasteiger partial charge is 0.304 e. The van der Waals surface area contributed by atoms with Crippen LogP contribution in [0.2, 0.25) is 5.02 Å². The summed E-state index contributed by atoms with van der Waals surface area (Å²) in [7, 11) is 1.62. The van der Waals surface area contributed by atoms with Crippen molar-refractivity contribution >= 4 is 17.6 Å². The standard InChI is InChI=1S/C15H22ClNO3/c1-15(2,3)17(8-7-14(18)19)10-11-9-12(16)5-6-13(11)20-4/h5-6,9H,7-8,10H2,1-4H3,(H,18,19). The summed E-state index contributed by atoms with van der Waals surface area (Å²) >= 11 is 6.03. The third-order valence-electron chi connectivity index (χ3n) is 3.15. The Morgan fingerprint density at radius 2 is 2.05 bits per heavy atom. The number of halogens is 1. The van der Waals surface area contributed by atoms with Gasteiger partial charge >= 0.3 is 5.97 Å². The minimum Gasteiger partial charge on any atom is -0.496 e. The zero-order valence-electron chi connectivity index (χ0n) is 12.4. The van der Waals surface area contributed by atoms with Crippen LogP contribution in [0.25, 0.3) is 0 Å². The Balaban J connectivity index is 2.94. The van der Waals surface area contributed by atoms with E-state index in [1.165, 1.54) is 0 Å². The van der Waals surface area contributed by atoms with Crippen molar-refractivity contribution in [1.29, 1.82) is 0 Å². The molecule has 0 unspecified atom stereocenters. The number of hydrogen-bond donors (Lipinski definition) is 1. The quantitative estimate of drug-likeness (QED) is 0.874. The van der Waals surface area contributed by atoms with Crippen LogP contribution in [-0.4, -0.2) is 35.2 Å². The van der Waals surface area contributed by atoms with Gasteiger partial charge in [0, 0.05) is 29.2 Å². The van der Waals surface area contributed by atoms with E-state index in [4.69, 9.17) is 21.4 Å². The van der Waals surface area contributed by atoms with E-state index in [2.05, 4.69) is 25.7 Å². The number of nitrogens with zero attached hydrogens (tertiary/aromatic N) is 1. The minimum absolute atomic E-state index is 0.111. The molecule has 0 atom stereocenters. The first-order valence-corrected chi connectivity index (χ1v) is 6.91. The number of rotatable bonds is 6. The van der Waals surface area contributed by atoms with Crippen LogP contribution in [0.4, 0.5) is 0 Å². The fraction of sp³-hybridized carbons (Fsp3) is 0.533. The molecule has 4 nitrogen and oxygen atoms in total. The molecule has 0 heterocycles. The highest BCUT2D eigenvalue weighted by atomic mass is 35.5. The van der Waals surface area contributed by atoms with E-state index in [1.807, 2.05) is 12.1 Å². The first kappa shape index (κ1) is 16.8. The van der Waals surface area contributed by atoms with Gasteiger partial charge in [0.05, 0.1) is 13.5 Å². The molecule has 0 radical (unpaired) electrons. The van der Waals surface area contributed by atoms with Gasteiger partial charge in [-0.2, -0.15) is 0 Å². The van der Waals surface area contributed by atoms with Gasteiger partial charge in [0.25, 0.3) is 0 Å². The van der Waals surface area contributed by atoms with Gasteiger partial charge in [-0.1, -0.05) is 11.6 Å². The number of carbonyl (C=O) groups is 1. The van der Waals surface area contributed by atoms with Crippen LogP contribution in [0, 0.1) is 0 Å². The second kappa shape index (κ2) is 6.95. The maximum atomic E-state index is 10.8. The fourth-order valence-electron chi connectivity index (χ4n) is 1.96. The number of benzene rings is 1. The molecule has 0 aromatic heterocycles. The molecular formula is C15H22ClNO3. The molecule has 0 aliphatic carbocycles.